The van der Waals surface area contributed by atoms with Gasteiger partial charge in [0.1, 0.15) is 5.01 Å². The van der Waals surface area contributed by atoms with E-state index in [4.69, 9.17) is 0 Å². The zero-order valence-corrected chi connectivity index (χ0v) is 13.0. The van der Waals surface area contributed by atoms with Crippen LogP contribution in [0, 0.1) is 5.92 Å². The molecular weight excluding hydrogens is 328 g/mol. The summed E-state index contributed by atoms with van der Waals surface area (Å²) in [6.45, 7) is 4.24. The smallest absolute Gasteiger partial charge is 0.259 e. The van der Waals surface area contributed by atoms with Gasteiger partial charge in [0.15, 0.2) is 0 Å². The van der Waals surface area contributed by atoms with Crippen molar-refractivity contribution in [1.82, 2.24) is 15.2 Å². The summed E-state index contributed by atoms with van der Waals surface area (Å²) in [7, 11) is 0. The molecule has 100 valence electrons. The van der Waals surface area contributed by atoms with Crippen LogP contribution in [-0.2, 0) is 6.42 Å². The maximum Gasteiger partial charge on any atom is 0.259 e. The lowest BCUT2D eigenvalue weighted by Crippen LogP contribution is -2.11. The number of hydrogen-bond acceptors (Lipinski definition) is 5. The van der Waals surface area contributed by atoms with E-state index in [-0.39, 0.29) is 5.91 Å². The van der Waals surface area contributed by atoms with Gasteiger partial charge in [0.05, 0.1) is 5.56 Å². The SMILES string of the molecule is CC(C)Cc1nnc(NC(=O)c2cncc(Br)c2)s1. The van der Waals surface area contributed by atoms with Gasteiger partial charge < -0.3 is 0 Å². The van der Waals surface area contributed by atoms with Crippen molar-refractivity contribution in [3.63, 3.8) is 0 Å². The Morgan fingerprint density at radius 3 is 2.89 bits per heavy atom. The van der Waals surface area contributed by atoms with Gasteiger partial charge in [-0.25, -0.2) is 0 Å². The van der Waals surface area contributed by atoms with Crippen molar-refractivity contribution in [3.8, 4) is 0 Å². The fourth-order valence-electron chi connectivity index (χ4n) is 1.44. The summed E-state index contributed by atoms with van der Waals surface area (Å²) >= 11 is 4.68. The average Bonchev–Trinajstić information content (AvgIpc) is 2.75. The van der Waals surface area contributed by atoms with E-state index in [1.807, 2.05) is 0 Å². The lowest BCUT2D eigenvalue weighted by molar-refractivity contribution is 0.102. The largest absolute Gasteiger partial charge is 0.296 e. The van der Waals surface area contributed by atoms with Crippen molar-refractivity contribution in [2.75, 3.05) is 5.32 Å². The molecule has 0 saturated carbocycles. The van der Waals surface area contributed by atoms with Crippen LogP contribution in [0.2, 0.25) is 0 Å². The molecule has 19 heavy (non-hydrogen) atoms. The Labute approximate surface area is 123 Å². The van der Waals surface area contributed by atoms with E-state index in [0.717, 1.165) is 15.9 Å². The Morgan fingerprint density at radius 2 is 2.21 bits per heavy atom. The van der Waals surface area contributed by atoms with E-state index in [1.54, 1.807) is 12.3 Å². The van der Waals surface area contributed by atoms with Crippen LogP contribution in [0.3, 0.4) is 0 Å². The summed E-state index contributed by atoms with van der Waals surface area (Å²) < 4.78 is 0.762. The van der Waals surface area contributed by atoms with Crippen LogP contribution in [0.25, 0.3) is 0 Å². The summed E-state index contributed by atoms with van der Waals surface area (Å²) in [4.78, 5) is 15.9. The predicted octanol–water partition coefficient (Wildman–Crippen LogP) is 3.15. The highest BCUT2D eigenvalue weighted by atomic mass is 79.9. The van der Waals surface area contributed by atoms with Crippen molar-refractivity contribution in [3.05, 3.63) is 33.5 Å². The Kier molecular flexibility index (Phi) is 4.60. The maximum absolute atomic E-state index is 12.0. The number of carbonyl (C=O) groups is 1. The number of hydrogen-bond donors (Lipinski definition) is 1. The number of halogens is 1. The summed E-state index contributed by atoms with van der Waals surface area (Å²) in [6, 6.07) is 1.71. The third kappa shape index (κ3) is 4.07. The molecular formula is C12H13BrN4OS. The van der Waals surface area contributed by atoms with Gasteiger partial charge in [-0.05, 0) is 27.9 Å². The highest BCUT2D eigenvalue weighted by molar-refractivity contribution is 9.10. The molecule has 1 N–H and O–H groups in total. The quantitative estimate of drug-likeness (QED) is 0.928. The highest BCUT2D eigenvalue weighted by Gasteiger charge is 2.11. The number of nitrogens with zero attached hydrogens (tertiary/aromatic N) is 3. The molecule has 0 spiro atoms. The molecule has 7 heteroatoms. The van der Waals surface area contributed by atoms with Crippen LogP contribution >= 0.6 is 27.3 Å². The first-order valence-electron chi connectivity index (χ1n) is 5.79. The molecule has 5 nitrogen and oxygen atoms in total. The van der Waals surface area contributed by atoms with Gasteiger partial charge >= 0.3 is 0 Å². The van der Waals surface area contributed by atoms with Crippen molar-refractivity contribution in [2.45, 2.75) is 20.3 Å². The number of carbonyl (C=O) groups excluding carboxylic acids is 1. The second-order valence-corrected chi connectivity index (χ2v) is 6.42. The van der Waals surface area contributed by atoms with Gasteiger partial charge in [-0.15, -0.1) is 10.2 Å². The molecule has 0 radical (unpaired) electrons. The normalized spacial score (nSPS) is 10.7. The molecule has 0 aliphatic rings. The third-order valence-electron chi connectivity index (χ3n) is 2.24. The van der Waals surface area contributed by atoms with Crippen molar-refractivity contribution in [1.29, 1.82) is 0 Å². The molecule has 2 aromatic heterocycles. The van der Waals surface area contributed by atoms with Gasteiger partial charge in [0.2, 0.25) is 5.13 Å². The first-order valence-corrected chi connectivity index (χ1v) is 7.40. The molecule has 1 amide bonds. The molecule has 0 aliphatic carbocycles. The van der Waals surface area contributed by atoms with Crippen molar-refractivity contribution in [2.24, 2.45) is 5.92 Å². The van der Waals surface area contributed by atoms with Crippen molar-refractivity contribution < 1.29 is 4.79 Å². The van der Waals surface area contributed by atoms with Crippen LogP contribution in [0.4, 0.5) is 5.13 Å². The van der Waals surface area contributed by atoms with Gasteiger partial charge in [0, 0.05) is 23.3 Å². The molecule has 0 atom stereocenters. The van der Waals surface area contributed by atoms with E-state index in [9.17, 15) is 4.79 Å². The topological polar surface area (TPSA) is 67.8 Å². The van der Waals surface area contributed by atoms with E-state index in [1.165, 1.54) is 17.5 Å². The van der Waals surface area contributed by atoms with E-state index in [2.05, 4.69) is 50.3 Å². The maximum atomic E-state index is 12.0. The minimum atomic E-state index is -0.235. The summed E-state index contributed by atoms with van der Waals surface area (Å²) in [5, 5.41) is 12.2. The number of rotatable bonds is 4. The first-order chi connectivity index (χ1) is 9.04. The molecule has 0 bridgehead atoms. The van der Waals surface area contributed by atoms with E-state index in [0.29, 0.717) is 16.6 Å². The zero-order valence-electron chi connectivity index (χ0n) is 10.6. The molecule has 0 aliphatic heterocycles. The van der Waals surface area contributed by atoms with E-state index >= 15 is 0 Å². The summed E-state index contributed by atoms with van der Waals surface area (Å²) in [6.07, 6.45) is 4.00. The van der Waals surface area contributed by atoms with Crippen LogP contribution < -0.4 is 5.32 Å². The molecule has 0 fully saturated rings. The number of pyridine rings is 1. The lowest BCUT2D eigenvalue weighted by Gasteiger charge is -2.00. The van der Waals surface area contributed by atoms with Crippen LogP contribution in [0.1, 0.15) is 29.2 Å². The number of amides is 1. The van der Waals surface area contributed by atoms with Crippen LogP contribution in [-0.4, -0.2) is 21.1 Å². The predicted molar refractivity (Wildman–Crippen MR) is 78.3 cm³/mol. The molecule has 0 saturated heterocycles. The summed E-state index contributed by atoms with van der Waals surface area (Å²) in [5.41, 5.74) is 0.481. The minimum absolute atomic E-state index is 0.235. The number of nitrogens with one attached hydrogen (secondary N) is 1. The van der Waals surface area contributed by atoms with Gasteiger partial charge in [-0.2, -0.15) is 0 Å². The molecule has 0 aromatic carbocycles. The Balaban J connectivity index is 2.05. The third-order valence-corrected chi connectivity index (χ3v) is 3.53. The van der Waals surface area contributed by atoms with Crippen LogP contribution in [0.15, 0.2) is 22.9 Å². The fraction of sp³-hybridized carbons (Fsp3) is 0.333. The Bertz CT molecular complexity index is 585. The Morgan fingerprint density at radius 1 is 1.42 bits per heavy atom. The Hall–Kier alpha value is -1.34. The van der Waals surface area contributed by atoms with E-state index < -0.39 is 0 Å². The monoisotopic (exact) mass is 340 g/mol. The summed E-state index contributed by atoms with van der Waals surface area (Å²) in [5.74, 6) is 0.284. The molecule has 0 unspecified atom stereocenters. The zero-order chi connectivity index (χ0) is 13.8. The average molecular weight is 341 g/mol. The second-order valence-electron chi connectivity index (χ2n) is 4.44. The number of anilines is 1. The fourth-order valence-corrected chi connectivity index (χ4v) is 2.75. The lowest BCUT2D eigenvalue weighted by atomic mass is 10.1. The molecule has 2 aromatic rings. The molecule has 2 rings (SSSR count). The van der Waals surface area contributed by atoms with Gasteiger partial charge in [0.25, 0.3) is 5.91 Å². The van der Waals surface area contributed by atoms with Gasteiger partial charge in [-0.1, -0.05) is 25.2 Å². The molecule has 2 heterocycles. The second kappa shape index (κ2) is 6.21. The highest BCUT2D eigenvalue weighted by Crippen LogP contribution is 2.19. The first kappa shape index (κ1) is 14.1. The van der Waals surface area contributed by atoms with Crippen molar-refractivity contribution >= 4 is 38.3 Å². The minimum Gasteiger partial charge on any atom is -0.296 e. The van der Waals surface area contributed by atoms with Crippen LogP contribution in [0.5, 0.6) is 0 Å². The van der Waals surface area contributed by atoms with Gasteiger partial charge in [-0.3, -0.25) is 15.1 Å². The number of aromatic nitrogens is 3. The standard InChI is InChI=1S/C12H13BrN4OS/c1-7(2)3-10-16-17-12(19-10)15-11(18)8-4-9(13)6-14-5-8/h4-7H,3H2,1-2H3,(H,15,17,18).